The quantitative estimate of drug-likeness (QED) is 0.596. The molecule has 0 bridgehead atoms. The molecule has 1 saturated heterocycles. The van der Waals surface area contributed by atoms with E-state index < -0.39 is 10.0 Å². The van der Waals surface area contributed by atoms with E-state index in [9.17, 15) is 8.42 Å². The Labute approximate surface area is 130 Å². The van der Waals surface area contributed by atoms with Crippen LogP contribution in [0.25, 0.3) is 0 Å². The average molecular weight is 332 g/mol. The number of piperidine rings is 1. The summed E-state index contributed by atoms with van der Waals surface area (Å²) >= 11 is 1.65. The summed E-state index contributed by atoms with van der Waals surface area (Å²) in [4.78, 5) is 4.46. The molecule has 2 heterocycles. The van der Waals surface area contributed by atoms with Crippen LogP contribution in [0, 0.1) is 12.8 Å². The molecule has 1 aromatic rings. The molecule has 1 aliphatic heterocycles. The van der Waals surface area contributed by atoms with E-state index in [1.165, 1.54) is 6.26 Å². The van der Waals surface area contributed by atoms with Crippen LogP contribution in [-0.4, -0.2) is 43.1 Å². The highest BCUT2D eigenvalue weighted by Crippen LogP contribution is 2.24. The number of nitrogens with two attached hydrogens (primary N) is 1. The van der Waals surface area contributed by atoms with Crippen molar-refractivity contribution in [3.8, 4) is 0 Å². The molecule has 1 aromatic heterocycles. The monoisotopic (exact) mass is 332 g/mol. The van der Waals surface area contributed by atoms with Crippen molar-refractivity contribution in [2.45, 2.75) is 38.6 Å². The van der Waals surface area contributed by atoms with Crippen LogP contribution in [0.1, 0.15) is 30.0 Å². The predicted octanol–water partition coefficient (Wildman–Crippen LogP) is 0.888. The van der Waals surface area contributed by atoms with Gasteiger partial charge in [-0.3, -0.25) is 11.3 Å². The summed E-state index contributed by atoms with van der Waals surface area (Å²) in [5.74, 6) is 6.02. The summed E-state index contributed by atoms with van der Waals surface area (Å²) in [5.41, 5.74) is 3.89. The van der Waals surface area contributed by atoms with Crippen molar-refractivity contribution < 1.29 is 8.42 Å². The Morgan fingerprint density at radius 3 is 2.95 bits per heavy atom. The van der Waals surface area contributed by atoms with Crippen molar-refractivity contribution in [3.63, 3.8) is 0 Å². The van der Waals surface area contributed by atoms with Gasteiger partial charge < -0.3 is 0 Å². The molecule has 1 fully saturated rings. The summed E-state index contributed by atoms with van der Waals surface area (Å²) in [5, 5.41) is 3.11. The fourth-order valence-electron chi connectivity index (χ4n) is 2.84. The topological polar surface area (TPSA) is 88.3 Å². The number of hydrogen-bond donors (Lipinski definition) is 2. The lowest BCUT2D eigenvalue weighted by Gasteiger charge is -2.32. The van der Waals surface area contributed by atoms with E-state index in [-0.39, 0.29) is 6.04 Å². The van der Waals surface area contributed by atoms with E-state index in [0.717, 1.165) is 36.4 Å². The zero-order valence-electron chi connectivity index (χ0n) is 12.6. The maximum Gasteiger partial charge on any atom is 0.211 e. The molecule has 2 rings (SSSR count). The number of nitrogens with one attached hydrogen (secondary N) is 1. The predicted molar refractivity (Wildman–Crippen MR) is 85.4 cm³/mol. The third kappa shape index (κ3) is 5.00. The number of sulfonamides is 1. The van der Waals surface area contributed by atoms with Crippen LogP contribution in [0.4, 0.5) is 0 Å². The van der Waals surface area contributed by atoms with Crippen molar-refractivity contribution in [1.82, 2.24) is 14.7 Å². The van der Waals surface area contributed by atoms with Gasteiger partial charge in [-0.15, -0.1) is 11.3 Å². The van der Waals surface area contributed by atoms with E-state index >= 15 is 0 Å². The van der Waals surface area contributed by atoms with Gasteiger partial charge in [-0.1, -0.05) is 0 Å². The van der Waals surface area contributed by atoms with Crippen molar-refractivity contribution in [1.29, 1.82) is 0 Å². The molecule has 0 aliphatic carbocycles. The Kier molecular flexibility index (Phi) is 5.73. The molecule has 0 radical (unpaired) electrons. The van der Waals surface area contributed by atoms with Gasteiger partial charge in [0.25, 0.3) is 0 Å². The van der Waals surface area contributed by atoms with Gasteiger partial charge in [0.05, 0.1) is 11.3 Å². The molecule has 2 atom stereocenters. The number of thiazole rings is 1. The minimum absolute atomic E-state index is 0.139. The Balaban J connectivity index is 1.92. The van der Waals surface area contributed by atoms with Crippen LogP contribution in [0.15, 0.2) is 5.38 Å². The molecule has 3 N–H and O–H groups in total. The second kappa shape index (κ2) is 7.15. The van der Waals surface area contributed by atoms with Crippen LogP contribution in [0.2, 0.25) is 0 Å². The SMILES string of the molecule is Cc1csc(CC(CC2CCCN(S(C)(=O)=O)C2)NN)n1. The molecule has 0 aromatic carbocycles. The second-order valence-corrected chi connectivity index (χ2v) is 8.74. The first-order valence-electron chi connectivity index (χ1n) is 7.20. The van der Waals surface area contributed by atoms with E-state index in [1.807, 2.05) is 12.3 Å². The van der Waals surface area contributed by atoms with Crippen molar-refractivity contribution in [3.05, 3.63) is 16.1 Å². The summed E-state index contributed by atoms with van der Waals surface area (Å²) in [6.45, 7) is 3.23. The first kappa shape index (κ1) is 16.8. The van der Waals surface area contributed by atoms with Crippen LogP contribution < -0.4 is 11.3 Å². The minimum atomic E-state index is -3.09. The molecule has 0 saturated carbocycles. The van der Waals surface area contributed by atoms with Crippen molar-refractivity contribution in [2.24, 2.45) is 11.8 Å². The largest absolute Gasteiger partial charge is 0.271 e. The third-order valence-electron chi connectivity index (χ3n) is 3.89. The Hall–Kier alpha value is -0.540. The van der Waals surface area contributed by atoms with Gasteiger partial charge in [0.15, 0.2) is 0 Å². The van der Waals surface area contributed by atoms with Crippen LogP contribution in [0.5, 0.6) is 0 Å². The first-order valence-corrected chi connectivity index (χ1v) is 9.93. The van der Waals surface area contributed by atoms with E-state index in [0.29, 0.717) is 19.0 Å². The molecule has 2 unspecified atom stereocenters. The van der Waals surface area contributed by atoms with E-state index in [4.69, 9.17) is 5.84 Å². The zero-order valence-corrected chi connectivity index (χ0v) is 14.2. The summed E-state index contributed by atoms with van der Waals surface area (Å²) in [6, 6.07) is 0.139. The standard InChI is InChI=1S/C13H24N4O2S2/c1-10-9-20-13(15-10)7-12(16-14)6-11-4-3-5-17(8-11)21(2,18)19/h9,11-12,16H,3-8,14H2,1-2H3. The second-order valence-electron chi connectivity index (χ2n) is 5.82. The lowest BCUT2D eigenvalue weighted by Crippen LogP contribution is -2.43. The molecule has 8 heteroatoms. The number of hydrazine groups is 1. The van der Waals surface area contributed by atoms with Crippen LogP contribution in [-0.2, 0) is 16.4 Å². The summed E-state index contributed by atoms with van der Waals surface area (Å²) in [6.07, 6.45) is 4.93. The number of hydrogen-bond acceptors (Lipinski definition) is 6. The molecule has 6 nitrogen and oxygen atoms in total. The molecule has 0 amide bonds. The van der Waals surface area contributed by atoms with Gasteiger partial charge in [0.1, 0.15) is 0 Å². The maximum atomic E-state index is 11.7. The third-order valence-corrected chi connectivity index (χ3v) is 6.15. The van der Waals surface area contributed by atoms with Gasteiger partial charge in [-0.05, 0) is 32.1 Å². The fraction of sp³-hybridized carbons (Fsp3) is 0.769. The number of rotatable bonds is 6. The molecule has 21 heavy (non-hydrogen) atoms. The lowest BCUT2D eigenvalue weighted by molar-refractivity contribution is 0.237. The maximum absolute atomic E-state index is 11.7. The van der Waals surface area contributed by atoms with Crippen LogP contribution >= 0.6 is 11.3 Å². The molecular weight excluding hydrogens is 308 g/mol. The lowest BCUT2D eigenvalue weighted by atomic mass is 9.91. The first-order chi connectivity index (χ1) is 9.88. The van der Waals surface area contributed by atoms with Gasteiger partial charge in [-0.25, -0.2) is 17.7 Å². The van der Waals surface area contributed by atoms with Gasteiger partial charge in [0, 0.05) is 36.6 Å². The van der Waals surface area contributed by atoms with Gasteiger partial charge in [-0.2, -0.15) is 0 Å². The molecule has 1 aliphatic rings. The Morgan fingerprint density at radius 2 is 2.38 bits per heavy atom. The number of nitrogens with zero attached hydrogens (tertiary/aromatic N) is 2. The summed E-state index contributed by atoms with van der Waals surface area (Å²) in [7, 11) is -3.09. The number of aryl methyl sites for hydroxylation is 1. The van der Waals surface area contributed by atoms with E-state index in [1.54, 1.807) is 15.6 Å². The van der Waals surface area contributed by atoms with E-state index in [2.05, 4.69) is 10.4 Å². The van der Waals surface area contributed by atoms with Crippen molar-refractivity contribution >= 4 is 21.4 Å². The van der Waals surface area contributed by atoms with Gasteiger partial charge in [0.2, 0.25) is 10.0 Å². The Bertz CT molecular complexity index is 558. The molecule has 0 spiro atoms. The summed E-state index contributed by atoms with van der Waals surface area (Å²) < 4.78 is 24.9. The highest BCUT2D eigenvalue weighted by atomic mass is 32.2. The van der Waals surface area contributed by atoms with Crippen molar-refractivity contribution in [2.75, 3.05) is 19.3 Å². The number of aromatic nitrogens is 1. The minimum Gasteiger partial charge on any atom is -0.271 e. The van der Waals surface area contributed by atoms with Gasteiger partial charge >= 0.3 is 0 Å². The fourth-order valence-corrected chi connectivity index (χ4v) is 4.64. The molecule has 120 valence electrons. The average Bonchev–Trinajstić information content (AvgIpc) is 2.83. The smallest absolute Gasteiger partial charge is 0.211 e. The normalized spacial score (nSPS) is 22.3. The zero-order chi connectivity index (χ0) is 15.5. The molecular formula is C13H24N4O2S2. The highest BCUT2D eigenvalue weighted by Gasteiger charge is 2.27. The highest BCUT2D eigenvalue weighted by molar-refractivity contribution is 7.88. The van der Waals surface area contributed by atoms with Crippen LogP contribution in [0.3, 0.4) is 0 Å². The Morgan fingerprint density at radius 1 is 1.62 bits per heavy atom.